The zero-order valence-corrected chi connectivity index (χ0v) is 12.0. The van der Waals surface area contributed by atoms with Gasteiger partial charge in [-0.25, -0.2) is 0 Å². The van der Waals surface area contributed by atoms with Crippen molar-refractivity contribution in [1.29, 1.82) is 0 Å². The molecule has 16 heavy (non-hydrogen) atoms. The van der Waals surface area contributed by atoms with Crippen LogP contribution < -0.4 is 11.1 Å². The minimum Gasteiger partial charge on any atom is -0.391 e. The van der Waals surface area contributed by atoms with E-state index >= 15 is 0 Å². The molecule has 0 aliphatic heterocycles. The van der Waals surface area contributed by atoms with Crippen molar-refractivity contribution in [1.82, 2.24) is 5.32 Å². The van der Waals surface area contributed by atoms with Crippen LogP contribution in [0.4, 0.5) is 0 Å². The third kappa shape index (κ3) is 4.92. The summed E-state index contributed by atoms with van der Waals surface area (Å²) in [5.41, 5.74) is 5.07. The number of nitrogens with two attached hydrogens (primary N) is 1. The third-order valence-corrected chi connectivity index (χ3v) is 3.55. The van der Waals surface area contributed by atoms with Crippen molar-refractivity contribution in [3.8, 4) is 0 Å². The van der Waals surface area contributed by atoms with Crippen LogP contribution in [0.5, 0.6) is 0 Å². The standard InChI is InChI=1S/C12H24N2OS/c1-8(11(2,3)4)7-9(15)14-12(5,6)10(13)16/h8H,7H2,1-6H3,(H2,13,16)(H,14,15). The van der Waals surface area contributed by atoms with Gasteiger partial charge in [-0.3, -0.25) is 4.79 Å². The Morgan fingerprint density at radius 1 is 1.31 bits per heavy atom. The first kappa shape index (κ1) is 15.4. The van der Waals surface area contributed by atoms with Gasteiger partial charge in [-0.05, 0) is 25.2 Å². The highest BCUT2D eigenvalue weighted by atomic mass is 32.1. The highest BCUT2D eigenvalue weighted by molar-refractivity contribution is 7.80. The number of rotatable bonds is 4. The minimum absolute atomic E-state index is 0.000208. The van der Waals surface area contributed by atoms with E-state index in [4.69, 9.17) is 18.0 Å². The SMILES string of the molecule is CC(CC(=O)NC(C)(C)C(N)=S)C(C)(C)C. The first-order valence-electron chi connectivity index (χ1n) is 5.57. The zero-order chi connectivity index (χ0) is 13.1. The Kier molecular flexibility index (Phi) is 4.92. The number of carbonyl (C=O) groups is 1. The monoisotopic (exact) mass is 244 g/mol. The lowest BCUT2D eigenvalue weighted by Crippen LogP contribution is -2.52. The summed E-state index contributed by atoms with van der Waals surface area (Å²) in [5, 5.41) is 2.85. The van der Waals surface area contributed by atoms with Crippen LogP contribution in [0, 0.1) is 11.3 Å². The van der Waals surface area contributed by atoms with Crippen LogP contribution >= 0.6 is 12.2 Å². The molecule has 0 aromatic heterocycles. The molecule has 94 valence electrons. The maximum atomic E-state index is 11.8. The molecule has 3 N–H and O–H groups in total. The maximum absolute atomic E-state index is 11.8. The van der Waals surface area contributed by atoms with Gasteiger partial charge in [-0.2, -0.15) is 0 Å². The molecule has 1 amide bonds. The molecule has 0 bridgehead atoms. The van der Waals surface area contributed by atoms with E-state index in [0.717, 1.165) is 0 Å². The normalized spacial score (nSPS) is 14.4. The average molecular weight is 244 g/mol. The van der Waals surface area contributed by atoms with Crippen molar-refractivity contribution < 1.29 is 4.79 Å². The highest BCUT2D eigenvalue weighted by Crippen LogP contribution is 2.27. The smallest absolute Gasteiger partial charge is 0.221 e. The van der Waals surface area contributed by atoms with Gasteiger partial charge in [0.2, 0.25) is 5.91 Å². The van der Waals surface area contributed by atoms with E-state index in [1.54, 1.807) is 0 Å². The number of hydrogen-bond acceptors (Lipinski definition) is 2. The topological polar surface area (TPSA) is 55.1 Å². The van der Waals surface area contributed by atoms with Crippen LogP contribution in [0.3, 0.4) is 0 Å². The largest absolute Gasteiger partial charge is 0.391 e. The van der Waals surface area contributed by atoms with Gasteiger partial charge in [-0.1, -0.05) is 39.9 Å². The molecular formula is C12H24N2OS. The van der Waals surface area contributed by atoms with Crippen LogP contribution in [0.15, 0.2) is 0 Å². The summed E-state index contributed by atoms with van der Waals surface area (Å²) in [4.78, 5) is 12.1. The number of amides is 1. The molecule has 0 heterocycles. The molecule has 1 unspecified atom stereocenters. The molecular weight excluding hydrogens is 220 g/mol. The first-order chi connectivity index (χ1) is 6.97. The van der Waals surface area contributed by atoms with E-state index in [-0.39, 0.29) is 11.3 Å². The van der Waals surface area contributed by atoms with Crippen LogP contribution in [0.25, 0.3) is 0 Å². The molecule has 0 aliphatic rings. The second kappa shape index (κ2) is 5.13. The number of thiocarbonyl (C=S) groups is 1. The zero-order valence-electron chi connectivity index (χ0n) is 11.2. The van der Waals surface area contributed by atoms with E-state index in [9.17, 15) is 4.79 Å². The van der Waals surface area contributed by atoms with Gasteiger partial charge >= 0.3 is 0 Å². The predicted molar refractivity (Wildman–Crippen MR) is 72.2 cm³/mol. The van der Waals surface area contributed by atoms with E-state index in [2.05, 4.69) is 33.0 Å². The summed E-state index contributed by atoms with van der Waals surface area (Å²) >= 11 is 4.90. The summed E-state index contributed by atoms with van der Waals surface area (Å²) in [5.74, 6) is 0.315. The van der Waals surface area contributed by atoms with Crippen molar-refractivity contribution in [3.63, 3.8) is 0 Å². The Bertz CT molecular complexity index is 279. The Balaban J connectivity index is 4.36. The minimum atomic E-state index is -0.607. The van der Waals surface area contributed by atoms with Gasteiger partial charge in [-0.15, -0.1) is 0 Å². The van der Waals surface area contributed by atoms with Gasteiger partial charge in [0.15, 0.2) is 0 Å². The Labute approximate surface area is 104 Å². The summed E-state index contributed by atoms with van der Waals surface area (Å²) in [6.45, 7) is 12.1. The van der Waals surface area contributed by atoms with Crippen molar-refractivity contribution in [2.75, 3.05) is 0 Å². The molecule has 0 aromatic rings. The Hall–Kier alpha value is -0.640. The molecule has 1 atom stereocenters. The van der Waals surface area contributed by atoms with Crippen molar-refractivity contribution in [3.05, 3.63) is 0 Å². The van der Waals surface area contributed by atoms with Crippen molar-refractivity contribution >= 4 is 23.1 Å². The van der Waals surface area contributed by atoms with E-state index in [1.807, 2.05) is 13.8 Å². The lowest BCUT2D eigenvalue weighted by atomic mass is 9.80. The quantitative estimate of drug-likeness (QED) is 0.746. The maximum Gasteiger partial charge on any atom is 0.221 e. The van der Waals surface area contributed by atoms with Crippen LogP contribution in [-0.2, 0) is 4.79 Å². The van der Waals surface area contributed by atoms with Gasteiger partial charge < -0.3 is 11.1 Å². The van der Waals surface area contributed by atoms with Gasteiger partial charge in [0.1, 0.15) is 0 Å². The van der Waals surface area contributed by atoms with E-state index in [0.29, 0.717) is 17.3 Å². The van der Waals surface area contributed by atoms with E-state index < -0.39 is 5.54 Å². The molecule has 0 spiro atoms. The molecule has 0 saturated carbocycles. The molecule has 0 aromatic carbocycles. The second-order valence-electron chi connectivity index (χ2n) is 6.01. The fourth-order valence-corrected chi connectivity index (χ4v) is 1.10. The summed E-state index contributed by atoms with van der Waals surface area (Å²) in [7, 11) is 0. The summed E-state index contributed by atoms with van der Waals surface area (Å²) < 4.78 is 0. The van der Waals surface area contributed by atoms with Gasteiger partial charge in [0.25, 0.3) is 0 Å². The first-order valence-corrected chi connectivity index (χ1v) is 5.98. The fourth-order valence-electron chi connectivity index (χ4n) is 1.05. The molecule has 0 rings (SSSR count). The fraction of sp³-hybridized carbons (Fsp3) is 0.833. The van der Waals surface area contributed by atoms with Crippen LogP contribution in [0.2, 0.25) is 0 Å². The molecule has 4 heteroatoms. The van der Waals surface area contributed by atoms with E-state index in [1.165, 1.54) is 0 Å². The summed E-state index contributed by atoms with van der Waals surface area (Å²) in [6.07, 6.45) is 0.496. The Morgan fingerprint density at radius 3 is 2.06 bits per heavy atom. The second-order valence-corrected chi connectivity index (χ2v) is 6.45. The Morgan fingerprint density at radius 2 is 1.75 bits per heavy atom. The molecule has 0 saturated heterocycles. The molecule has 0 fully saturated rings. The third-order valence-electron chi connectivity index (χ3n) is 3.04. The lowest BCUT2D eigenvalue weighted by Gasteiger charge is -2.29. The number of carbonyl (C=O) groups excluding carboxylic acids is 1. The summed E-state index contributed by atoms with van der Waals surface area (Å²) in [6, 6.07) is 0. The average Bonchev–Trinajstić information content (AvgIpc) is 2.00. The van der Waals surface area contributed by atoms with Gasteiger partial charge in [0.05, 0.1) is 10.5 Å². The lowest BCUT2D eigenvalue weighted by molar-refractivity contribution is -0.123. The number of nitrogens with one attached hydrogen (secondary N) is 1. The predicted octanol–water partition coefficient (Wildman–Crippen LogP) is 2.24. The molecule has 0 aliphatic carbocycles. The van der Waals surface area contributed by atoms with Crippen LogP contribution in [-0.4, -0.2) is 16.4 Å². The van der Waals surface area contributed by atoms with Crippen LogP contribution in [0.1, 0.15) is 48.0 Å². The van der Waals surface area contributed by atoms with Crippen molar-refractivity contribution in [2.45, 2.75) is 53.5 Å². The van der Waals surface area contributed by atoms with Gasteiger partial charge in [0, 0.05) is 6.42 Å². The van der Waals surface area contributed by atoms with Crippen molar-refractivity contribution in [2.24, 2.45) is 17.1 Å². The molecule has 0 radical (unpaired) electrons. The molecule has 3 nitrogen and oxygen atoms in total. The number of hydrogen-bond donors (Lipinski definition) is 2. The highest BCUT2D eigenvalue weighted by Gasteiger charge is 2.27.